The Kier molecular flexibility index (Phi) is 5.34. The molecule has 0 heterocycles. The van der Waals surface area contributed by atoms with Crippen LogP contribution in [0, 0.1) is 11.3 Å². The third-order valence-corrected chi connectivity index (χ3v) is 4.28. The third kappa shape index (κ3) is 3.69. The molecule has 4 heteroatoms. The van der Waals surface area contributed by atoms with Gasteiger partial charge in [0.2, 0.25) is 0 Å². The molecule has 0 radical (unpaired) electrons. The minimum Gasteiger partial charge on any atom is -0.496 e. The van der Waals surface area contributed by atoms with Crippen LogP contribution in [0.5, 0.6) is 5.75 Å². The fourth-order valence-corrected chi connectivity index (χ4v) is 3.15. The molecule has 102 valence electrons. The summed E-state index contributed by atoms with van der Waals surface area (Å²) in [7, 11) is 1.64. The van der Waals surface area contributed by atoms with E-state index in [4.69, 9.17) is 21.6 Å². The van der Waals surface area contributed by atoms with E-state index in [1.165, 1.54) is 0 Å². The van der Waals surface area contributed by atoms with Gasteiger partial charge in [0.15, 0.2) is 0 Å². The van der Waals surface area contributed by atoms with Gasteiger partial charge in [0.05, 0.1) is 18.7 Å². The summed E-state index contributed by atoms with van der Waals surface area (Å²) in [5.41, 5.74) is 2.80. The van der Waals surface area contributed by atoms with Crippen LogP contribution in [-0.2, 0) is 11.5 Å². The Hall–Kier alpha value is -1.63. The van der Waals surface area contributed by atoms with E-state index in [0.29, 0.717) is 5.56 Å². The summed E-state index contributed by atoms with van der Waals surface area (Å²) < 4.78 is 5.32. The summed E-state index contributed by atoms with van der Waals surface area (Å²) in [6.45, 7) is 0. The first-order valence-electron chi connectivity index (χ1n) is 6.12. The first kappa shape index (κ1) is 14.8. The van der Waals surface area contributed by atoms with Crippen molar-refractivity contribution in [2.75, 3.05) is 7.11 Å². The molecule has 0 saturated carbocycles. The Morgan fingerprint density at radius 1 is 1.15 bits per heavy atom. The van der Waals surface area contributed by atoms with Crippen molar-refractivity contribution in [2.24, 2.45) is 0 Å². The monoisotopic (exact) mass is 303 g/mol. The van der Waals surface area contributed by atoms with Gasteiger partial charge in [-0.05, 0) is 29.8 Å². The van der Waals surface area contributed by atoms with Crippen molar-refractivity contribution in [3.63, 3.8) is 0 Å². The standard InChI is InChI=1S/C16H14ClNOS/c1-19-16-7-6-12(9-18)8-14(16)11-20-10-13-4-2-3-5-15(13)17/h2-8H,10-11H2,1H3. The zero-order chi connectivity index (χ0) is 14.4. The molecule has 0 bridgehead atoms. The van der Waals surface area contributed by atoms with Crippen molar-refractivity contribution in [2.45, 2.75) is 11.5 Å². The van der Waals surface area contributed by atoms with Gasteiger partial charge in [-0.2, -0.15) is 17.0 Å². The molecule has 0 aliphatic carbocycles. The molecule has 0 aromatic heterocycles. The highest BCUT2D eigenvalue weighted by atomic mass is 35.5. The van der Waals surface area contributed by atoms with Crippen LogP contribution >= 0.6 is 23.4 Å². The molecular formula is C16H14ClNOS. The van der Waals surface area contributed by atoms with Gasteiger partial charge in [-0.1, -0.05) is 29.8 Å². The van der Waals surface area contributed by atoms with Crippen LogP contribution in [0.4, 0.5) is 0 Å². The van der Waals surface area contributed by atoms with Gasteiger partial charge in [-0.25, -0.2) is 0 Å². The molecule has 2 rings (SSSR count). The smallest absolute Gasteiger partial charge is 0.122 e. The number of rotatable bonds is 5. The van der Waals surface area contributed by atoms with Crippen molar-refractivity contribution >= 4 is 23.4 Å². The number of hydrogen-bond donors (Lipinski definition) is 0. The summed E-state index contributed by atoms with van der Waals surface area (Å²) >= 11 is 7.88. The van der Waals surface area contributed by atoms with Crippen molar-refractivity contribution in [3.05, 3.63) is 64.2 Å². The number of hydrogen-bond acceptors (Lipinski definition) is 3. The summed E-state index contributed by atoms with van der Waals surface area (Å²) in [5.74, 6) is 2.43. The lowest BCUT2D eigenvalue weighted by atomic mass is 10.1. The van der Waals surface area contributed by atoms with Gasteiger partial charge in [-0.15, -0.1) is 0 Å². The first-order valence-corrected chi connectivity index (χ1v) is 7.66. The van der Waals surface area contributed by atoms with Gasteiger partial charge in [0, 0.05) is 22.1 Å². The second kappa shape index (κ2) is 7.23. The van der Waals surface area contributed by atoms with Crippen LogP contribution in [0.3, 0.4) is 0 Å². The number of halogens is 1. The van der Waals surface area contributed by atoms with Gasteiger partial charge >= 0.3 is 0 Å². The first-order chi connectivity index (χ1) is 9.74. The molecular weight excluding hydrogens is 290 g/mol. The van der Waals surface area contributed by atoms with Crippen LogP contribution in [0.1, 0.15) is 16.7 Å². The zero-order valence-corrected chi connectivity index (χ0v) is 12.7. The van der Waals surface area contributed by atoms with E-state index in [0.717, 1.165) is 33.4 Å². The van der Waals surface area contributed by atoms with E-state index >= 15 is 0 Å². The average Bonchev–Trinajstić information content (AvgIpc) is 2.49. The lowest BCUT2D eigenvalue weighted by molar-refractivity contribution is 0.411. The predicted octanol–water partition coefficient (Wildman–Crippen LogP) is 4.65. The Morgan fingerprint density at radius 2 is 1.90 bits per heavy atom. The van der Waals surface area contributed by atoms with Gasteiger partial charge in [0.1, 0.15) is 5.75 Å². The lowest BCUT2D eigenvalue weighted by Crippen LogP contribution is -1.92. The molecule has 0 amide bonds. The second-order valence-electron chi connectivity index (χ2n) is 4.22. The highest BCUT2D eigenvalue weighted by Gasteiger charge is 2.06. The number of thioether (sulfide) groups is 1. The van der Waals surface area contributed by atoms with E-state index in [9.17, 15) is 0 Å². The zero-order valence-electron chi connectivity index (χ0n) is 11.1. The number of nitriles is 1. The van der Waals surface area contributed by atoms with Crippen LogP contribution in [0.2, 0.25) is 5.02 Å². The molecule has 2 aromatic rings. The van der Waals surface area contributed by atoms with E-state index in [1.54, 1.807) is 24.9 Å². The Morgan fingerprint density at radius 3 is 2.60 bits per heavy atom. The Balaban J connectivity index is 2.04. The summed E-state index contributed by atoms with van der Waals surface area (Å²) in [6.07, 6.45) is 0. The SMILES string of the molecule is COc1ccc(C#N)cc1CSCc1ccccc1Cl. The van der Waals surface area contributed by atoms with E-state index in [2.05, 4.69) is 6.07 Å². The van der Waals surface area contributed by atoms with E-state index in [1.807, 2.05) is 36.4 Å². The molecule has 0 aliphatic heterocycles. The molecule has 0 atom stereocenters. The van der Waals surface area contributed by atoms with Crippen LogP contribution < -0.4 is 4.74 Å². The molecule has 0 spiro atoms. The van der Waals surface area contributed by atoms with Crippen LogP contribution in [0.15, 0.2) is 42.5 Å². The Bertz CT molecular complexity index is 637. The van der Waals surface area contributed by atoms with Crippen molar-refractivity contribution in [1.82, 2.24) is 0 Å². The number of benzene rings is 2. The topological polar surface area (TPSA) is 33.0 Å². The fourth-order valence-electron chi connectivity index (χ4n) is 1.85. The summed E-state index contributed by atoms with van der Waals surface area (Å²) in [6, 6.07) is 15.5. The van der Waals surface area contributed by atoms with E-state index in [-0.39, 0.29) is 0 Å². The van der Waals surface area contributed by atoms with Crippen molar-refractivity contribution in [3.8, 4) is 11.8 Å². The summed E-state index contributed by atoms with van der Waals surface area (Å²) in [4.78, 5) is 0. The molecule has 2 nitrogen and oxygen atoms in total. The predicted molar refractivity (Wildman–Crippen MR) is 84.2 cm³/mol. The van der Waals surface area contributed by atoms with Crippen molar-refractivity contribution in [1.29, 1.82) is 5.26 Å². The van der Waals surface area contributed by atoms with Gasteiger partial charge < -0.3 is 4.74 Å². The summed E-state index contributed by atoms with van der Waals surface area (Å²) in [5, 5.41) is 9.74. The molecule has 0 N–H and O–H groups in total. The second-order valence-corrected chi connectivity index (χ2v) is 5.62. The third-order valence-electron chi connectivity index (χ3n) is 2.88. The van der Waals surface area contributed by atoms with Crippen LogP contribution in [0.25, 0.3) is 0 Å². The average molecular weight is 304 g/mol. The maximum absolute atomic E-state index is 8.95. The van der Waals surface area contributed by atoms with Crippen LogP contribution in [-0.4, -0.2) is 7.11 Å². The highest BCUT2D eigenvalue weighted by Crippen LogP contribution is 2.28. The normalized spacial score (nSPS) is 10.1. The number of nitrogens with zero attached hydrogens (tertiary/aromatic N) is 1. The molecule has 2 aromatic carbocycles. The molecule has 20 heavy (non-hydrogen) atoms. The molecule has 0 fully saturated rings. The van der Waals surface area contributed by atoms with Crippen molar-refractivity contribution < 1.29 is 4.74 Å². The largest absolute Gasteiger partial charge is 0.496 e. The van der Waals surface area contributed by atoms with E-state index < -0.39 is 0 Å². The lowest BCUT2D eigenvalue weighted by Gasteiger charge is -2.09. The Labute approximate surface area is 128 Å². The number of ether oxygens (including phenoxy) is 1. The quantitative estimate of drug-likeness (QED) is 0.806. The highest BCUT2D eigenvalue weighted by molar-refractivity contribution is 7.97. The van der Waals surface area contributed by atoms with Gasteiger partial charge in [0.25, 0.3) is 0 Å². The minimum atomic E-state index is 0.652. The fraction of sp³-hybridized carbons (Fsp3) is 0.188. The molecule has 0 unspecified atom stereocenters. The number of methoxy groups -OCH3 is 1. The molecule has 0 aliphatic rings. The minimum absolute atomic E-state index is 0.652. The maximum Gasteiger partial charge on any atom is 0.122 e. The van der Waals surface area contributed by atoms with Gasteiger partial charge in [-0.3, -0.25) is 0 Å². The molecule has 0 saturated heterocycles. The maximum atomic E-state index is 8.95.